The quantitative estimate of drug-likeness (QED) is 0.292. The number of aromatic nitrogens is 2. The number of nitrogens with zero attached hydrogens (tertiary/aromatic N) is 3. The number of nitrogens with one attached hydrogen (secondary N) is 2. The Morgan fingerprint density at radius 2 is 2.05 bits per heavy atom. The molecule has 1 heterocycles. The molecule has 0 atom stereocenters. The SMILES string of the molecule is CNc1ccc(-c2ccc(/C=C/C(=N/N)NN)cc2C)nn1. The molecule has 0 amide bonds. The number of hydrazine groups is 1. The van der Waals surface area contributed by atoms with Gasteiger partial charge >= 0.3 is 0 Å². The normalized spacial score (nSPS) is 11.7. The van der Waals surface area contributed by atoms with E-state index in [9.17, 15) is 0 Å². The Bertz CT molecular complexity index is 690. The number of hydrogen-bond donors (Lipinski definition) is 4. The minimum Gasteiger partial charge on any atom is -0.372 e. The molecule has 2 rings (SSSR count). The maximum Gasteiger partial charge on any atom is 0.159 e. The van der Waals surface area contributed by atoms with Crippen molar-refractivity contribution in [3.05, 3.63) is 47.5 Å². The molecule has 114 valence electrons. The van der Waals surface area contributed by atoms with Gasteiger partial charge < -0.3 is 16.6 Å². The van der Waals surface area contributed by atoms with Crippen LogP contribution in [0.3, 0.4) is 0 Å². The van der Waals surface area contributed by atoms with Gasteiger partial charge in [0.25, 0.3) is 0 Å². The average Bonchev–Trinajstić information content (AvgIpc) is 2.56. The van der Waals surface area contributed by atoms with E-state index in [1.165, 1.54) is 0 Å². The third-order valence-corrected chi connectivity index (χ3v) is 3.17. The van der Waals surface area contributed by atoms with Gasteiger partial charge in [0, 0.05) is 12.6 Å². The predicted molar refractivity (Wildman–Crippen MR) is 89.7 cm³/mol. The molecule has 0 spiro atoms. The van der Waals surface area contributed by atoms with Crippen LogP contribution in [0.4, 0.5) is 5.82 Å². The van der Waals surface area contributed by atoms with E-state index >= 15 is 0 Å². The molecule has 7 heteroatoms. The lowest BCUT2D eigenvalue weighted by atomic mass is 10.0. The van der Waals surface area contributed by atoms with Crippen molar-refractivity contribution >= 4 is 17.7 Å². The summed E-state index contributed by atoms with van der Waals surface area (Å²) in [7, 11) is 1.81. The van der Waals surface area contributed by atoms with Crippen LogP contribution < -0.4 is 22.4 Å². The highest BCUT2D eigenvalue weighted by Crippen LogP contribution is 2.23. The summed E-state index contributed by atoms with van der Waals surface area (Å²) in [5, 5.41) is 14.8. The molecule has 6 N–H and O–H groups in total. The van der Waals surface area contributed by atoms with Crippen LogP contribution in [0, 0.1) is 6.92 Å². The summed E-state index contributed by atoms with van der Waals surface area (Å²) in [6.45, 7) is 2.03. The van der Waals surface area contributed by atoms with Crippen molar-refractivity contribution in [3.8, 4) is 11.3 Å². The zero-order valence-corrected chi connectivity index (χ0v) is 12.5. The van der Waals surface area contributed by atoms with Gasteiger partial charge in [-0.1, -0.05) is 24.3 Å². The summed E-state index contributed by atoms with van der Waals surface area (Å²) in [4.78, 5) is 0. The first-order valence-corrected chi connectivity index (χ1v) is 6.73. The van der Waals surface area contributed by atoms with Gasteiger partial charge in [0.15, 0.2) is 5.84 Å². The Morgan fingerprint density at radius 3 is 2.59 bits per heavy atom. The molecule has 2 aromatic rings. The van der Waals surface area contributed by atoms with Gasteiger partial charge in [-0.25, -0.2) is 5.84 Å². The van der Waals surface area contributed by atoms with E-state index in [2.05, 4.69) is 26.0 Å². The predicted octanol–water partition coefficient (Wildman–Crippen LogP) is 1.24. The molecule has 0 bridgehead atoms. The molecule has 22 heavy (non-hydrogen) atoms. The Kier molecular flexibility index (Phi) is 5.05. The molecule has 0 saturated carbocycles. The van der Waals surface area contributed by atoms with E-state index in [0.717, 1.165) is 28.2 Å². The highest BCUT2D eigenvalue weighted by Gasteiger charge is 2.04. The summed E-state index contributed by atoms with van der Waals surface area (Å²) in [5.74, 6) is 11.6. The van der Waals surface area contributed by atoms with Crippen molar-refractivity contribution in [1.82, 2.24) is 15.6 Å². The summed E-state index contributed by atoms with van der Waals surface area (Å²) in [6, 6.07) is 9.87. The van der Waals surface area contributed by atoms with Crippen LogP contribution in [-0.4, -0.2) is 23.1 Å². The summed E-state index contributed by atoms with van der Waals surface area (Å²) < 4.78 is 0. The van der Waals surface area contributed by atoms with Crippen molar-refractivity contribution in [1.29, 1.82) is 0 Å². The topological polar surface area (TPSA) is 114 Å². The molecule has 1 aromatic carbocycles. The van der Waals surface area contributed by atoms with Crippen molar-refractivity contribution in [2.24, 2.45) is 16.8 Å². The van der Waals surface area contributed by atoms with Crippen molar-refractivity contribution < 1.29 is 0 Å². The van der Waals surface area contributed by atoms with Gasteiger partial charge in [-0.05, 0) is 36.3 Å². The van der Waals surface area contributed by atoms with E-state index in [4.69, 9.17) is 11.7 Å². The number of hydrazone groups is 1. The maximum absolute atomic E-state index is 5.27. The zero-order valence-electron chi connectivity index (χ0n) is 12.5. The largest absolute Gasteiger partial charge is 0.372 e. The fourth-order valence-corrected chi connectivity index (χ4v) is 1.99. The lowest BCUT2D eigenvalue weighted by Crippen LogP contribution is -2.29. The van der Waals surface area contributed by atoms with E-state index in [-0.39, 0.29) is 0 Å². The van der Waals surface area contributed by atoms with Crippen molar-refractivity contribution in [3.63, 3.8) is 0 Å². The lowest BCUT2D eigenvalue weighted by molar-refractivity contribution is 1.01. The Balaban J connectivity index is 2.25. The number of anilines is 1. The number of aryl methyl sites for hydroxylation is 1. The molecule has 1 aromatic heterocycles. The number of benzene rings is 1. The maximum atomic E-state index is 5.27. The Morgan fingerprint density at radius 1 is 1.23 bits per heavy atom. The summed E-state index contributed by atoms with van der Waals surface area (Å²) >= 11 is 0. The molecule has 0 radical (unpaired) electrons. The van der Waals surface area contributed by atoms with Gasteiger partial charge in [0.05, 0.1) is 5.69 Å². The van der Waals surface area contributed by atoms with E-state index in [1.54, 1.807) is 6.08 Å². The molecule has 0 aliphatic carbocycles. The second-order valence-corrected chi connectivity index (χ2v) is 4.62. The minimum atomic E-state index is 0.398. The monoisotopic (exact) mass is 297 g/mol. The van der Waals surface area contributed by atoms with Gasteiger partial charge in [-0.15, -0.1) is 10.2 Å². The third-order valence-electron chi connectivity index (χ3n) is 3.17. The molecule has 0 aliphatic rings. The summed E-state index contributed by atoms with van der Waals surface area (Å²) in [6.07, 6.45) is 3.58. The van der Waals surface area contributed by atoms with Crippen LogP contribution in [0.1, 0.15) is 11.1 Å². The molecular weight excluding hydrogens is 278 g/mol. The fraction of sp³-hybridized carbons (Fsp3) is 0.133. The van der Waals surface area contributed by atoms with Crippen molar-refractivity contribution in [2.75, 3.05) is 12.4 Å². The second kappa shape index (κ2) is 7.19. The number of nitrogens with two attached hydrogens (primary N) is 2. The standard InChI is InChI=1S/C15H19N7/c1-10-9-11(4-7-15(19-16)20-17)3-5-12(10)13-6-8-14(18-2)22-21-13/h3-9H,16-17H2,1-2H3,(H,18,22)(H,19,20)/b7-4+. The van der Waals surface area contributed by atoms with Crippen LogP contribution in [0.15, 0.2) is 41.5 Å². The number of amidine groups is 1. The van der Waals surface area contributed by atoms with Crippen LogP contribution in [0.5, 0.6) is 0 Å². The number of hydrogen-bond acceptors (Lipinski definition) is 6. The summed E-state index contributed by atoms with van der Waals surface area (Å²) in [5.41, 5.74) is 6.38. The van der Waals surface area contributed by atoms with Crippen LogP contribution in [-0.2, 0) is 0 Å². The highest BCUT2D eigenvalue weighted by atomic mass is 15.3. The fourth-order valence-electron chi connectivity index (χ4n) is 1.99. The first kappa shape index (κ1) is 15.5. The van der Waals surface area contributed by atoms with Gasteiger partial charge in [-0.2, -0.15) is 5.10 Å². The molecule has 0 fully saturated rings. The number of rotatable bonds is 4. The van der Waals surface area contributed by atoms with E-state index in [1.807, 2.05) is 50.4 Å². The first-order valence-electron chi connectivity index (χ1n) is 6.73. The Labute approximate surface area is 129 Å². The molecule has 0 saturated heterocycles. The van der Waals surface area contributed by atoms with E-state index < -0.39 is 0 Å². The van der Waals surface area contributed by atoms with Gasteiger partial charge in [0.1, 0.15) is 5.82 Å². The smallest absolute Gasteiger partial charge is 0.159 e. The highest BCUT2D eigenvalue weighted by molar-refractivity contribution is 5.95. The molecule has 0 aliphatic heterocycles. The second-order valence-electron chi connectivity index (χ2n) is 4.62. The zero-order chi connectivity index (χ0) is 15.9. The van der Waals surface area contributed by atoms with Crippen LogP contribution >= 0.6 is 0 Å². The van der Waals surface area contributed by atoms with E-state index in [0.29, 0.717) is 5.84 Å². The van der Waals surface area contributed by atoms with Crippen LogP contribution in [0.2, 0.25) is 0 Å². The Hall–Kier alpha value is -2.93. The molecule has 0 unspecified atom stereocenters. The van der Waals surface area contributed by atoms with Crippen molar-refractivity contribution in [2.45, 2.75) is 6.92 Å². The molecule has 7 nitrogen and oxygen atoms in total. The van der Waals surface area contributed by atoms with Gasteiger partial charge in [0.2, 0.25) is 0 Å². The lowest BCUT2D eigenvalue weighted by Gasteiger charge is -2.07. The average molecular weight is 297 g/mol. The third kappa shape index (κ3) is 3.58. The van der Waals surface area contributed by atoms with Crippen LogP contribution in [0.25, 0.3) is 17.3 Å². The minimum absolute atomic E-state index is 0.398. The first-order chi connectivity index (χ1) is 10.7. The van der Waals surface area contributed by atoms with Gasteiger partial charge in [-0.3, -0.25) is 0 Å². The molecular formula is C15H19N7.